The van der Waals surface area contributed by atoms with Crippen molar-refractivity contribution in [1.29, 1.82) is 0 Å². The van der Waals surface area contributed by atoms with E-state index in [0.29, 0.717) is 17.4 Å². The molecule has 3 atom stereocenters. The van der Waals surface area contributed by atoms with E-state index in [4.69, 9.17) is 16.3 Å². The lowest BCUT2D eigenvalue weighted by molar-refractivity contribution is -0.00224. The lowest BCUT2D eigenvalue weighted by atomic mass is 10.1. The van der Waals surface area contributed by atoms with Crippen LogP contribution < -0.4 is 0 Å². The Kier molecular flexibility index (Phi) is 3.69. The highest BCUT2D eigenvalue weighted by Gasteiger charge is 2.29. The first kappa shape index (κ1) is 10.7. The van der Waals surface area contributed by atoms with Crippen LogP contribution in [0.15, 0.2) is 0 Å². The molecule has 2 nitrogen and oxygen atoms in total. The summed E-state index contributed by atoms with van der Waals surface area (Å²) in [5.41, 5.74) is 0. The van der Waals surface area contributed by atoms with Gasteiger partial charge in [-0.1, -0.05) is 6.92 Å². The summed E-state index contributed by atoms with van der Waals surface area (Å²) < 4.78 is 5.73. The summed E-state index contributed by atoms with van der Waals surface area (Å²) in [6, 6.07) is 0. The summed E-state index contributed by atoms with van der Waals surface area (Å²) in [6.45, 7) is 6.47. The van der Waals surface area contributed by atoms with Crippen LogP contribution in [-0.4, -0.2) is 42.6 Å². The fourth-order valence-corrected chi connectivity index (χ4v) is 2.69. The standard InChI is InChI=1S/C11H20ClNO/c1-9-6-13(8-11(9)12)7-10-4-2-3-5-14-10/h9-11H,2-8H2,1H3. The first-order valence-corrected chi connectivity index (χ1v) is 6.17. The summed E-state index contributed by atoms with van der Waals surface area (Å²) in [5.74, 6) is 0.639. The second-order valence-electron chi connectivity index (χ2n) is 4.70. The van der Waals surface area contributed by atoms with E-state index in [0.717, 1.165) is 26.2 Å². The van der Waals surface area contributed by atoms with Gasteiger partial charge in [0, 0.05) is 26.2 Å². The van der Waals surface area contributed by atoms with Gasteiger partial charge in [-0.25, -0.2) is 0 Å². The topological polar surface area (TPSA) is 12.5 Å². The minimum absolute atomic E-state index is 0.346. The molecule has 0 radical (unpaired) electrons. The largest absolute Gasteiger partial charge is 0.377 e. The first-order valence-electron chi connectivity index (χ1n) is 5.73. The van der Waals surface area contributed by atoms with E-state index in [-0.39, 0.29) is 0 Å². The molecule has 0 aromatic carbocycles. The molecule has 3 heteroatoms. The van der Waals surface area contributed by atoms with Crippen molar-refractivity contribution in [3.8, 4) is 0 Å². The van der Waals surface area contributed by atoms with Crippen LogP contribution in [0, 0.1) is 5.92 Å². The Balaban J connectivity index is 1.74. The first-order chi connectivity index (χ1) is 6.75. The van der Waals surface area contributed by atoms with Crippen molar-refractivity contribution < 1.29 is 4.74 Å². The van der Waals surface area contributed by atoms with E-state index in [9.17, 15) is 0 Å². The Morgan fingerprint density at radius 2 is 2.21 bits per heavy atom. The lowest BCUT2D eigenvalue weighted by Gasteiger charge is -2.27. The quantitative estimate of drug-likeness (QED) is 0.657. The zero-order valence-corrected chi connectivity index (χ0v) is 9.67. The molecule has 2 fully saturated rings. The van der Waals surface area contributed by atoms with Crippen LogP contribution in [0.1, 0.15) is 26.2 Å². The molecule has 0 saturated carbocycles. The number of halogens is 1. The smallest absolute Gasteiger partial charge is 0.0702 e. The fourth-order valence-electron chi connectivity index (χ4n) is 2.41. The molecule has 0 aromatic heterocycles. The van der Waals surface area contributed by atoms with E-state index < -0.39 is 0 Å². The summed E-state index contributed by atoms with van der Waals surface area (Å²) in [7, 11) is 0. The van der Waals surface area contributed by atoms with Crippen LogP contribution in [0.2, 0.25) is 0 Å². The van der Waals surface area contributed by atoms with Gasteiger partial charge in [-0.2, -0.15) is 0 Å². The Bertz CT molecular complexity index is 172. The second-order valence-corrected chi connectivity index (χ2v) is 5.26. The van der Waals surface area contributed by atoms with Gasteiger partial charge in [0.25, 0.3) is 0 Å². The van der Waals surface area contributed by atoms with Crippen LogP contribution in [0.5, 0.6) is 0 Å². The molecule has 0 bridgehead atoms. The monoisotopic (exact) mass is 217 g/mol. The highest BCUT2D eigenvalue weighted by Crippen LogP contribution is 2.23. The van der Waals surface area contributed by atoms with Crippen molar-refractivity contribution in [2.75, 3.05) is 26.2 Å². The van der Waals surface area contributed by atoms with Gasteiger partial charge in [-0.15, -0.1) is 11.6 Å². The van der Waals surface area contributed by atoms with Crippen molar-refractivity contribution in [2.24, 2.45) is 5.92 Å². The van der Waals surface area contributed by atoms with Gasteiger partial charge < -0.3 is 4.74 Å². The molecule has 0 aromatic rings. The molecule has 2 aliphatic rings. The van der Waals surface area contributed by atoms with E-state index >= 15 is 0 Å². The Morgan fingerprint density at radius 1 is 1.36 bits per heavy atom. The van der Waals surface area contributed by atoms with Crippen molar-refractivity contribution in [3.63, 3.8) is 0 Å². The van der Waals surface area contributed by atoms with E-state index in [1.165, 1.54) is 19.3 Å². The number of hydrogen-bond donors (Lipinski definition) is 0. The lowest BCUT2D eigenvalue weighted by Crippen LogP contribution is -2.34. The highest BCUT2D eigenvalue weighted by molar-refractivity contribution is 6.21. The third kappa shape index (κ3) is 2.62. The van der Waals surface area contributed by atoms with Crippen molar-refractivity contribution in [3.05, 3.63) is 0 Å². The summed E-state index contributed by atoms with van der Waals surface area (Å²) in [4.78, 5) is 2.46. The normalized spacial score (nSPS) is 40.3. The van der Waals surface area contributed by atoms with Gasteiger partial charge in [0.15, 0.2) is 0 Å². The molecule has 14 heavy (non-hydrogen) atoms. The average molecular weight is 218 g/mol. The zero-order chi connectivity index (χ0) is 9.97. The van der Waals surface area contributed by atoms with Gasteiger partial charge >= 0.3 is 0 Å². The minimum atomic E-state index is 0.346. The predicted molar refractivity (Wildman–Crippen MR) is 58.8 cm³/mol. The van der Waals surface area contributed by atoms with E-state index in [2.05, 4.69) is 11.8 Å². The van der Waals surface area contributed by atoms with E-state index in [1.807, 2.05) is 0 Å². The van der Waals surface area contributed by atoms with Gasteiger partial charge in [0.2, 0.25) is 0 Å². The molecule has 0 N–H and O–H groups in total. The SMILES string of the molecule is CC1CN(CC2CCCCO2)CC1Cl. The average Bonchev–Trinajstić information content (AvgIpc) is 2.47. The van der Waals surface area contributed by atoms with Gasteiger partial charge in [-0.3, -0.25) is 4.90 Å². The second kappa shape index (κ2) is 4.82. The minimum Gasteiger partial charge on any atom is -0.377 e. The van der Waals surface area contributed by atoms with Crippen LogP contribution in [0.4, 0.5) is 0 Å². The molecule has 82 valence electrons. The third-order valence-corrected chi connectivity index (χ3v) is 3.90. The molecule has 2 saturated heterocycles. The molecule has 0 spiro atoms. The van der Waals surface area contributed by atoms with Crippen LogP contribution >= 0.6 is 11.6 Å². The Labute approximate surface area is 91.6 Å². The van der Waals surface area contributed by atoms with Crippen LogP contribution in [0.25, 0.3) is 0 Å². The molecule has 0 aliphatic carbocycles. The van der Waals surface area contributed by atoms with Crippen molar-refractivity contribution in [2.45, 2.75) is 37.7 Å². The zero-order valence-electron chi connectivity index (χ0n) is 8.92. The van der Waals surface area contributed by atoms with Crippen LogP contribution in [-0.2, 0) is 4.74 Å². The number of alkyl halides is 1. The third-order valence-electron chi connectivity index (χ3n) is 3.33. The molecule has 0 amide bonds. The molecule has 2 heterocycles. The Morgan fingerprint density at radius 3 is 2.79 bits per heavy atom. The molecular weight excluding hydrogens is 198 g/mol. The number of hydrogen-bond acceptors (Lipinski definition) is 2. The van der Waals surface area contributed by atoms with Gasteiger partial charge in [0.05, 0.1) is 11.5 Å². The highest BCUT2D eigenvalue weighted by atomic mass is 35.5. The molecular formula is C11H20ClNO. The molecule has 3 unspecified atom stereocenters. The summed E-state index contributed by atoms with van der Waals surface area (Å²) in [5, 5.41) is 0.346. The van der Waals surface area contributed by atoms with Crippen molar-refractivity contribution >= 4 is 11.6 Å². The number of likely N-dealkylation sites (tertiary alicyclic amines) is 1. The number of rotatable bonds is 2. The maximum absolute atomic E-state index is 6.19. The maximum Gasteiger partial charge on any atom is 0.0702 e. The summed E-state index contributed by atoms with van der Waals surface area (Å²) in [6.07, 6.45) is 4.28. The maximum atomic E-state index is 6.19. The molecule has 2 aliphatic heterocycles. The molecule has 2 rings (SSSR count). The number of ether oxygens (including phenoxy) is 1. The van der Waals surface area contributed by atoms with Gasteiger partial charge in [0.1, 0.15) is 0 Å². The summed E-state index contributed by atoms with van der Waals surface area (Å²) >= 11 is 6.19. The van der Waals surface area contributed by atoms with Crippen LogP contribution in [0.3, 0.4) is 0 Å². The van der Waals surface area contributed by atoms with Crippen molar-refractivity contribution in [1.82, 2.24) is 4.90 Å². The number of nitrogens with zero attached hydrogens (tertiary/aromatic N) is 1. The van der Waals surface area contributed by atoms with E-state index in [1.54, 1.807) is 0 Å². The Hall–Kier alpha value is 0.210. The predicted octanol–water partition coefficient (Wildman–Crippen LogP) is 2.11. The fraction of sp³-hybridized carbons (Fsp3) is 1.00. The van der Waals surface area contributed by atoms with Gasteiger partial charge in [-0.05, 0) is 25.2 Å².